The van der Waals surface area contributed by atoms with Crippen molar-refractivity contribution in [2.45, 2.75) is 24.8 Å². The fourth-order valence-corrected chi connectivity index (χ4v) is 3.79. The van der Waals surface area contributed by atoms with E-state index in [2.05, 4.69) is 64.8 Å². The van der Waals surface area contributed by atoms with Crippen LogP contribution in [0.1, 0.15) is 23.5 Å². The molecule has 2 aromatic carbocycles. The zero-order valence-corrected chi connectivity index (χ0v) is 12.3. The largest absolute Gasteiger partial charge is 0.381 e. The van der Waals surface area contributed by atoms with Gasteiger partial charge in [0.05, 0.1) is 0 Å². The number of anilines is 1. The van der Waals surface area contributed by atoms with Gasteiger partial charge in [0.25, 0.3) is 0 Å². The molecule has 1 saturated heterocycles. The monoisotopic (exact) mass is 278 g/mol. The minimum absolute atomic E-state index is 0.648. The fourth-order valence-electron chi connectivity index (χ4n) is 3.79. The number of para-hydroxylation sites is 1. The van der Waals surface area contributed by atoms with Crippen LogP contribution in [-0.4, -0.2) is 30.6 Å². The minimum atomic E-state index is 0.648. The predicted octanol–water partition coefficient (Wildman–Crippen LogP) is 3.51. The van der Waals surface area contributed by atoms with Crippen molar-refractivity contribution < 1.29 is 0 Å². The Morgan fingerprint density at radius 1 is 1.00 bits per heavy atom. The topological polar surface area (TPSA) is 15.3 Å². The van der Waals surface area contributed by atoms with Crippen LogP contribution in [0.3, 0.4) is 0 Å². The first-order valence-corrected chi connectivity index (χ1v) is 8.02. The van der Waals surface area contributed by atoms with Crippen LogP contribution in [0.2, 0.25) is 0 Å². The van der Waals surface area contributed by atoms with E-state index >= 15 is 0 Å². The van der Waals surface area contributed by atoms with Crippen molar-refractivity contribution in [3.8, 4) is 0 Å². The average molecular weight is 278 g/mol. The van der Waals surface area contributed by atoms with E-state index < -0.39 is 0 Å². The number of fused-ring (bicyclic) bond motifs is 3. The molecule has 4 rings (SSSR count). The highest BCUT2D eigenvalue weighted by molar-refractivity contribution is 5.59. The van der Waals surface area contributed by atoms with E-state index in [1.807, 2.05) is 0 Å². The van der Waals surface area contributed by atoms with Gasteiger partial charge in [0.2, 0.25) is 0 Å². The highest BCUT2D eigenvalue weighted by atomic mass is 15.2. The normalized spacial score (nSPS) is 24.2. The molecule has 0 aliphatic carbocycles. The summed E-state index contributed by atoms with van der Waals surface area (Å²) < 4.78 is 0. The molecule has 0 radical (unpaired) electrons. The molecule has 0 spiro atoms. The molecule has 0 saturated carbocycles. The van der Waals surface area contributed by atoms with Crippen molar-refractivity contribution in [3.05, 3.63) is 65.7 Å². The summed E-state index contributed by atoms with van der Waals surface area (Å²) in [7, 11) is 0. The molecule has 1 fully saturated rings. The molecule has 2 aliphatic rings. The van der Waals surface area contributed by atoms with Gasteiger partial charge in [-0.05, 0) is 30.0 Å². The minimum Gasteiger partial charge on any atom is -0.381 e. The summed E-state index contributed by atoms with van der Waals surface area (Å²) >= 11 is 0. The number of benzene rings is 2. The molecule has 1 N–H and O–H groups in total. The smallest absolute Gasteiger partial charge is 0.0379 e. The van der Waals surface area contributed by atoms with Gasteiger partial charge in [-0.1, -0.05) is 48.5 Å². The lowest BCUT2D eigenvalue weighted by Gasteiger charge is -2.35. The van der Waals surface area contributed by atoms with Crippen molar-refractivity contribution in [1.29, 1.82) is 0 Å². The molecule has 108 valence electrons. The summed E-state index contributed by atoms with van der Waals surface area (Å²) in [5.41, 5.74) is 4.33. The Hall–Kier alpha value is -1.80. The summed E-state index contributed by atoms with van der Waals surface area (Å²) in [5, 5.41) is 3.70. The Morgan fingerprint density at radius 2 is 1.81 bits per heavy atom. The lowest BCUT2D eigenvalue weighted by atomic mass is 9.89. The highest BCUT2D eigenvalue weighted by Gasteiger charge is 2.36. The number of rotatable bonds is 3. The zero-order chi connectivity index (χ0) is 14.1. The molecule has 2 aromatic rings. The Morgan fingerprint density at radius 3 is 2.71 bits per heavy atom. The molecular formula is C19H22N2. The number of hydrogen-bond donors (Lipinski definition) is 1. The molecule has 0 amide bonds. The van der Waals surface area contributed by atoms with Crippen molar-refractivity contribution in [2.24, 2.45) is 0 Å². The molecular weight excluding hydrogens is 256 g/mol. The predicted molar refractivity (Wildman–Crippen MR) is 87.8 cm³/mol. The number of hydrogen-bond acceptors (Lipinski definition) is 2. The first-order valence-electron chi connectivity index (χ1n) is 8.02. The number of likely N-dealkylation sites (tertiary alicyclic amines) is 1. The maximum atomic E-state index is 3.70. The molecule has 2 heterocycles. The van der Waals surface area contributed by atoms with Crippen molar-refractivity contribution in [1.82, 2.24) is 4.90 Å². The lowest BCUT2D eigenvalue weighted by Crippen LogP contribution is -2.42. The highest BCUT2D eigenvalue weighted by Crippen LogP contribution is 2.39. The second-order valence-electron chi connectivity index (χ2n) is 6.27. The van der Waals surface area contributed by atoms with Gasteiger partial charge >= 0.3 is 0 Å². The van der Waals surface area contributed by atoms with E-state index in [1.54, 1.807) is 0 Å². The van der Waals surface area contributed by atoms with Crippen LogP contribution >= 0.6 is 0 Å². The van der Waals surface area contributed by atoms with Gasteiger partial charge in [-0.2, -0.15) is 0 Å². The van der Waals surface area contributed by atoms with E-state index in [0.29, 0.717) is 12.0 Å². The first kappa shape index (κ1) is 12.9. The van der Waals surface area contributed by atoms with Gasteiger partial charge in [0.1, 0.15) is 0 Å². The Kier molecular flexibility index (Phi) is 3.40. The van der Waals surface area contributed by atoms with Crippen molar-refractivity contribution >= 4 is 5.69 Å². The van der Waals surface area contributed by atoms with Crippen LogP contribution in [0.25, 0.3) is 0 Å². The molecule has 2 aliphatic heterocycles. The second kappa shape index (κ2) is 5.53. The Labute approximate surface area is 126 Å². The Balaban J connectivity index is 1.42. The summed E-state index contributed by atoms with van der Waals surface area (Å²) in [6.45, 7) is 3.59. The number of nitrogens with one attached hydrogen (secondary N) is 1. The molecule has 0 bridgehead atoms. The van der Waals surface area contributed by atoms with E-state index in [0.717, 1.165) is 6.42 Å². The van der Waals surface area contributed by atoms with Gasteiger partial charge in [0.15, 0.2) is 0 Å². The molecule has 21 heavy (non-hydrogen) atoms. The average Bonchev–Trinajstić information content (AvgIpc) is 2.92. The van der Waals surface area contributed by atoms with Crippen LogP contribution in [0.15, 0.2) is 54.6 Å². The first-order chi connectivity index (χ1) is 10.4. The zero-order valence-electron chi connectivity index (χ0n) is 12.3. The van der Waals surface area contributed by atoms with Gasteiger partial charge in [-0.15, -0.1) is 0 Å². The standard InChI is InChI=1S/C19H22N2/c1-2-6-15(7-3-1)10-12-21-13-11-19-17(14-21)16-8-4-5-9-18(16)20-19/h1-9,17,19-20H,10-14H2/t17-,19-/m1/s1. The fraction of sp³-hybridized carbons (Fsp3) is 0.368. The van der Waals surface area contributed by atoms with Gasteiger partial charge in [-0.3, -0.25) is 0 Å². The van der Waals surface area contributed by atoms with Gasteiger partial charge in [0, 0.05) is 37.3 Å². The summed E-state index contributed by atoms with van der Waals surface area (Å²) in [6.07, 6.45) is 2.42. The van der Waals surface area contributed by atoms with Gasteiger partial charge in [-0.25, -0.2) is 0 Å². The Bertz CT molecular complexity index is 608. The lowest BCUT2D eigenvalue weighted by molar-refractivity contribution is 0.204. The third kappa shape index (κ3) is 2.56. The molecule has 2 heteroatoms. The van der Waals surface area contributed by atoms with Crippen LogP contribution in [-0.2, 0) is 6.42 Å². The number of piperidine rings is 1. The van der Waals surface area contributed by atoms with Crippen LogP contribution in [0, 0.1) is 0 Å². The SMILES string of the molecule is c1ccc(CCN2CC[C@H]3Nc4ccccc4[C@H]3C2)cc1. The van der Waals surface area contributed by atoms with E-state index in [4.69, 9.17) is 0 Å². The summed E-state index contributed by atoms with van der Waals surface area (Å²) in [6, 6.07) is 20.3. The summed E-state index contributed by atoms with van der Waals surface area (Å²) in [5.74, 6) is 0.672. The van der Waals surface area contributed by atoms with Crippen LogP contribution in [0.5, 0.6) is 0 Å². The summed E-state index contributed by atoms with van der Waals surface area (Å²) in [4.78, 5) is 2.64. The van der Waals surface area contributed by atoms with Crippen molar-refractivity contribution in [2.75, 3.05) is 25.0 Å². The van der Waals surface area contributed by atoms with E-state index in [1.165, 1.54) is 42.9 Å². The van der Waals surface area contributed by atoms with E-state index in [-0.39, 0.29) is 0 Å². The van der Waals surface area contributed by atoms with E-state index in [9.17, 15) is 0 Å². The van der Waals surface area contributed by atoms with Crippen molar-refractivity contribution in [3.63, 3.8) is 0 Å². The maximum Gasteiger partial charge on any atom is 0.0379 e. The molecule has 0 aromatic heterocycles. The maximum absolute atomic E-state index is 3.70. The second-order valence-corrected chi connectivity index (χ2v) is 6.27. The molecule has 2 nitrogen and oxygen atoms in total. The third-order valence-electron chi connectivity index (χ3n) is 4.96. The molecule has 0 unspecified atom stereocenters. The third-order valence-corrected chi connectivity index (χ3v) is 4.96. The quantitative estimate of drug-likeness (QED) is 0.924. The van der Waals surface area contributed by atoms with Gasteiger partial charge < -0.3 is 10.2 Å². The van der Waals surface area contributed by atoms with Crippen LogP contribution in [0.4, 0.5) is 5.69 Å². The molecule has 2 atom stereocenters. The van der Waals surface area contributed by atoms with Crippen LogP contribution < -0.4 is 5.32 Å². The number of nitrogens with zero attached hydrogens (tertiary/aromatic N) is 1.